The fraction of sp³-hybridized carbons (Fsp3) is 0. The van der Waals surface area contributed by atoms with Gasteiger partial charge in [-0.1, -0.05) is 46.3 Å². The van der Waals surface area contributed by atoms with Crippen LogP contribution in [0.4, 0.5) is 0 Å². The van der Waals surface area contributed by atoms with Crippen LogP contribution in [0, 0.1) is 0 Å². The summed E-state index contributed by atoms with van der Waals surface area (Å²) in [5.41, 5.74) is 0.122. The number of rotatable bonds is 5. The minimum atomic E-state index is -3.99. The molecule has 0 bridgehead atoms. The van der Waals surface area contributed by atoms with Crippen molar-refractivity contribution >= 4 is 31.9 Å². The Bertz CT molecular complexity index is 1020. The van der Waals surface area contributed by atoms with Gasteiger partial charge in [-0.2, -0.15) is 0 Å². The van der Waals surface area contributed by atoms with Gasteiger partial charge in [0.1, 0.15) is 11.5 Å². The average molecular weight is 432 g/mol. The van der Waals surface area contributed by atoms with E-state index in [1.54, 1.807) is 54.6 Å². The van der Waals surface area contributed by atoms with Gasteiger partial charge in [0, 0.05) is 4.47 Å². The Morgan fingerprint density at radius 1 is 0.846 bits per heavy atom. The summed E-state index contributed by atoms with van der Waals surface area (Å²) in [5, 5.41) is 0. The normalized spacial score (nSPS) is 11.0. The summed E-state index contributed by atoms with van der Waals surface area (Å²) in [6.07, 6.45) is 0. The van der Waals surface area contributed by atoms with Crippen molar-refractivity contribution in [1.29, 1.82) is 0 Å². The van der Waals surface area contributed by atoms with Gasteiger partial charge in [-0.3, -0.25) is 4.79 Å². The predicted molar refractivity (Wildman–Crippen MR) is 102 cm³/mol. The standard InChI is InChI=1S/C19H14BrNO4S/c20-14-10-12-16(13-11-14)26(23,24)21-19(22)17-8-4-5-9-18(17)25-15-6-2-1-3-7-15/h1-13H,(H,21,22). The van der Waals surface area contributed by atoms with Gasteiger partial charge in [0.15, 0.2) is 0 Å². The molecule has 0 aliphatic heterocycles. The molecule has 0 saturated heterocycles. The Morgan fingerprint density at radius 2 is 1.46 bits per heavy atom. The molecule has 7 heteroatoms. The zero-order chi connectivity index (χ0) is 18.6. The van der Waals surface area contributed by atoms with E-state index >= 15 is 0 Å². The SMILES string of the molecule is O=C(NS(=O)(=O)c1ccc(Br)cc1)c1ccccc1Oc1ccccc1. The Labute approximate surface area is 159 Å². The molecular formula is C19H14BrNO4S. The molecule has 1 N–H and O–H groups in total. The Morgan fingerprint density at radius 3 is 2.15 bits per heavy atom. The van der Waals surface area contributed by atoms with Crippen molar-refractivity contribution in [2.75, 3.05) is 0 Å². The highest BCUT2D eigenvalue weighted by molar-refractivity contribution is 9.10. The lowest BCUT2D eigenvalue weighted by Crippen LogP contribution is -2.30. The van der Waals surface area contributed by atoms with Gasteiger partial charge in [-0.15, -0.1) is 0 Å². The monoisotopic (exact) mass is 431 g/mol. The number of sulfonamides is 1. The van der Waals surface area contributed by atoms with E-state index in [4.69, 9.17) is 4.74 Å². The van der Waals surface area contributed by atoms with Crippen LogP contribution >= 0.6 is 15.9 Å². The lowest BCUT2D eigenvalue weighted by atomic mass is 10.2. The van der Waals surface area contributed by atoms with E-state index in [9.17, 15) is 13.2 Å². The van der Waals surface area contributed by atoms with Gasteiger partial charge in [0.05, 0.1) is 10.5 Å². The number of hydrogen-bond donors (Lipinski definition) is 1. The molecule has 0 unspecified atom stereocenters. The molecule has 0 fully saturated rings. The van der Waals surface area contributed by atoms with E-state index in [0.717, 1.165) is 4.47 Å². The molecule has 3 aromatic rings. The molecular weight excluding hydrogens is 418 g/mol. The molecule has 0 aromatic heterocycles. The zero-order valence-electron chi connectivity index (χ0n) is 13.4. The van der Waals surface area contributed by atoms with E-state index in [1.807, 2.05) is 6.07 Å². The van der Waals surface area contributed by atoms with Crippen molar-refractivity contribution in [2.24, 2.45) is 0 Å². The highest BCUT2D eigenvalue weighted by atomic mass is 79.9. The number of nitrogens with one attached hydrogen (secondary N) is 1. The van der Waals surface area contributed by atoms with E-state index in [0.29, 0.717) is 5.75 Å². The second-order valence-electron chi connectivity index (χ2n) is 5.30. The number of ether oxygens (including phenoxy) is 1. The first-order chi connectivity index (χ1) is 12.5. The molecule has 1 amide bonds. The largest absolute Gasteiger partial charge is 0.457 e. The summed E-state index contributed by atoms with van der Waals surface area (Å²) in [5.74, 6) is 0.0465. The van der Waals surface area contributed by atoms with E-state index < -0.39 is 15.9 Å². The third kappa shape index (κ3) is 4.30. The molecule has 0 heterocycles. The number of hydrogen-bond acceptors (Lipinski definition) is 4. The van der Waals surface area contributed by atoms with Gasteiger partial charge < -0.3 is 4.74 Å². The molecule has 3 aromatic carbocycles. The molecule has 0 spiro atoms. The van der Waals surface area contributed by atoms with E-state index in [2.05, 4.69) is 20.7 Å². The third-order valence-corrected chi connectivity index (χ3v) is 5.33. The van der Waals surface area contributed by atoms with Gasteiger partial charge in [0.25, 0.3) is 15.9 Å². The summed E-state index contributed by atoms with van der Waals surface area (Å²) in [4.78, 5) is 12.5. The molecule has 0 aliphatic carbocycles. The number of halogens is 1. The quantitative estimate of drug-likeness (QED) is 0.651. The van der Waals surface area contributed by atoms with Crippen LogP contribution in [0.1, 0.15) is 10.4 Å². The van der Waals surface area contributed by atoms with Gasteiger partial charge in [-0.05, 0) is 48.5 Å². The van der Waals surface area contributed by atoms with Gasteiger partial charge >= 0.3 is 0 Å². The summed E-state index contributed by atoms with van der Waals surface area (Å²) in [6, 6.07) is 21.4. The van der Waals surface area contributed by atoms with Crippen LogP contribution in [-0.4, -0.2) is 14.3 Å². The third-order valence-electron chi connectivity index (χ3n) is 3.45. The number of para-hydroxylation sites is 2. The molecule has 132 valence electrons. The minimum Gasteiger partial charge on any atom is -0.457 e. The number of carbonyl (C=O) groups is 1. The van der Waals surface area contributed by atoms with Crippen LogP contribution in [0.25, 0.3) is 0 Å². The van der Waals surface area contributed by atoms with Crippen molar-refractivity contribution in [3.8, 4) is 11.5 Å². The average Bonchev–Trinajstić information content (AvgIpc) is 2.63. The summed E-state index contributed by atoms with van der Waals surface area (Å²) in [6.45, 7) is 0. The van der Waals surface area contributed by atoms with Crippen molar-refractivity contribution in [3.05, 3.63) is 88.9 Å². The van der Waals surface area contributed by atoms with Crippen LogP contribution in [0.3, 0.4) is 0 Å². The molecule has 26 heavy (non-hydrogen) atoms. The lowest BCUT2D eigenvalue weighted by molar-refractivity contribution is 0.0979. The maximum Gasteiger partial charge on any atom is 0.268 e. The minimum absolute atomic E-state index is 0.00416. The number of amides is 1. The first kappa shape index (κ1) is 18.2. The van der Waals surface area contributed by atoms with Crippen LogP contribution in [0.15, 0.2) is 88.2 Å². The molecule has 5 nitrogen and oxygen atoms in total. The molecule has 3 rings (SSSR count). The molecule has 0 saturated carbocycles. The van der Waals surface area contributed by atoms with Crippen molar-refractivity contribution in [2.45, 2.75) is 4.90 Å². The second kappa shape index (κ2) is 7.72. The van der Waals surface area contributed by atoms with Crippen LogP contribution in [0.2, 0.25) is 0 Å². The van der Waals surface area contributed by atoms with Crippen molar-refractivity contribution < 1.29 is 17.9 Å². The van der Waals surface area contributed by atoms with Crippen molar-refractivity contribution in [1.82, 2.24) is 4.72 Å². The summed E-state index contributed by atoms with van der Waals surface area (Å²) >= 11 is 3.24. The van der Waals surface area contributed by atoms with Crippen LogP contribution in [0.5, 0.6) is 11.5 Å². The second-order valence-corrected chi connectivity index (χ2v) is 7.90. The van der Waals surface area contributed by atoms with Gasteiger partial charge in [-0.25, -0.2) is 13.1 Å². The number of carbonyl (C=O) groups excluding carboxylic acids is 1. The van der Waals surface area contributed by atoms with Crippen LogP contribution in [-0.2, 0) is 10.0 Å². The highest BCUT2D eigenvalue weighted by Crippen LogP contribution is 2.25. The predicted octanol–water partition coefficient (Wildman–Crippen LogP) is 4.36. The molecule has 0 radical (unpaired) electrons. The first-order valence-corrected chi connectivity index (χ1v) is 9.88. The molecule has 0 atom stereocenters. The Balaban J connectivity index is 1.85. The highest BCUT2D eigenvalue weighted by Gasteiger charge is 2.21. The van der Waals surface area contributed by atoms with E-state index in [-0.39, 0.29) is 16.2 Å². The van der Waals surface area contributed by atoms with Crippen molar-refractivity contribution in [3.63, 3.8) is 0 Å². The Kier molecular flexibility index (Phi) is 5.39. The van der Waals surface area contributed by atoms with Crippen LogP contribution < -0.4 is 9.46 Å². The fourth-order valence-corrected chi connectivity index (χ4v) is 3.44. The summed E-state index contributed by atoms with van der Waals surface area (Å²) < 4.78 is 33.3. The maximum atomic E-state index is 12.5. The van der Waals surface area contributed by atoms with Gasteiger partial charge in [0.2, 0.25) is 0 Å². The topological polar surface area (TPSA) is 72.5 Å². The van der Waals surface area contributed by atoms with E-state index in [1.165, 1.54) is 18.2 Å². The summed E-state index contributed by atoms with van der Waals surface area (Å²) in [7, 11) is -3.99. The smallest absolute Gasteiger partial charge is 0.268 e. The fourth-order valence-electron chi connectivity index (χ4n) is 2.21. The maximum absolute atomic E-state index is 12.5. The Hall–Kier alpha value is -2.64. The zero-order valence-corrected chi connectivity index (χ0v) is 15.8. The number of benzene rings is 3. The lowest BCUT2D eigenvalue weighted by Gasteiger charge is -2.12. The first-order valence-electron chi connectivity index (χ1n) is 7.60. The molecule has 0 aliphatic rings.